The number of fused-ring (bicyclic) bond motifs is 1. The molecule has 1 aliphatic carbocycles. The second-order valence-electron chi connectivity index (χ2n) is 7.76. The maximum Gasteiger partial charge on any atom is 0.433 e. The first kappa shape index (κ1) is 22.1. The molecule has 4 rings (SSSR count). The third-order valence-corrected chi connectivity index (χ3v) is 5.66. The third-order valence-electron chi connectivity index (χ3n) is 5.43. The Morgan fingerprint density at radius 3 is 2.59 bits per heavy atom. The van der Waals surface area contributed by atoms with Gasteiger partial charge in [-0.15, -0.1) is 0 Å². The first-order chi connectivity index (χ1) is 15.3. The fraction of sp³-hybridized carbons (Fsp3) is 0.318. The molecule has 0 unspecified atom stereocenters. The maximum absolute atomic E-state index is 13.3. The van der Waals surface area contributed by atoms with E-state index >= 15 is 0 Å². The van der Waals surface area contributed by atoms with Gasteiger partial charge in [-0.1, -0.05) is 11.6 Å². The predicted molar refractivity (Wildman–Crippen MR) is 117 cm³/mol. The van der Waals surface area contributed by atoms with Crippen molar-refractivity contribution in [2.45, 2.75) is 43.9 Å². The summed E-state index contributed by atoms with van der Waals surface area (Å²) in [7, 11) is 0. The monoisotopic (exact) mass is 463 g/mol. The number of pyridine rings is 1. The van der Waals surface area contributed by atoms with Crippen molar-refractivity contribution in [1.29, 1.82) is 0 Å². The van der Waals surface area contributed by atoms with Gasteiger partial charge in [0.15, 0.2) is 0 Å². The van der Waals surface area contributed by atoms with Gasteiger partial charge in [-0.2, -0.15) is 13.2 Å². The lowest BCUT2D eigenvalue weighted by molar-refractivity contribution is -0.140. The van der Waals surface area contributed by atoms with Gasteiger partial charge < -0.3 is 15.6 Å². The minimum atomic E-state index is -4.55. The van der Waals surface area contributed by atoms with Gasteiger partial charge in [0.1, 0.15) is 5.69 Å². The molecule has 10 heteroatoms. The molecule has 2 heterocycles. The largest absolute Gasteiger partial charge is 0.433 e. The average Bonchev–Trinajstić information content (AvgIpc) is 3.27. The third kappa shape index (κ3) is 5.40. The lowest BCUT2D eigenvalue weighted by Gasteiger charge is -2.30. The summed E-state index contributed by atoms with van der Waals surface area (Å²) in [5.74, 6) is -0.194. The molecule has 3 N–H and O–H groups in total. The van der Waals surface area contributed by atoms with Crippen LogP contribution in [0.2, 0.25) is 5.02 Å². The van der Waals surface area contributed by atoms with E-state index in [9.17, 15) is 18.0 Å². The topological polar surface area (TPSA) is 82.7 Å². The number of alkyl halides is 3. The van der Waals surface area contributed by atoms with Gasteiger partial charge in [0.2, 0.25) is 5.91 Å². The van der Waals surface area contributed by atoms with Crippen LogP contribution in [0.25, 0.3) is 17.0 Å². The van der Waals surface area contributed by atoms with E-state index < -0.39 is 11.9 Å². The Hall–Kier alpha value is -3.07. The minimum Gasteiger partial charge on any atom is -0.382 e. The molecule has 168 valence electrons. The number of halogens is 4. The normalized spacial score (nSPS) is 19.4. The SMILES string of the molecule is O=C(/C=C/c1cnc[nH]1)NC1CCC(Nc2cc(C(F)(F)F)nc3ccc(Cl)cc23)CC1. The number of imidazole rings is 1. The van der Waals surface area contributed by atoms with Crippen molar-refractivity contribution in [3.05, 3.63) is 59.3 Å². The molecule has 0 saturated heterocycles. The maximum atomic E-state index is 13.3. The van der Waals surface area contributed by atoms with Gasteiger partial charge in [-0.3, -0.25) is 4.79 Å². The lowest BCUT2D eigenvalue weighted by atomic mass is 9.90. The molecule has 1 amide bonds. The molecule has 0 spiro atoms. The number of nitrogens with one attached hydrogen (secondary N) is 3. The zero-order valence-electron chi connectivity index (χ0n) is 16.9. The molecule has 1 saturated carbocycles. The highest BCUT2D eigenvalue weighted by molar-refractivity contribution is 6.31. The van der Waals surface area contributed by atoms with Crippen LogP contribution in [0.4, 0.5) is 18.9 Å². The van der Waals surface area contributed by atoms with Gasteiger partial charge in [0.05, 0.1) is 23.7 Å². The summed E-state index contributed by atoms with van der Waals surface area (Å²) in [5, 5.41) is 7.19. The Balaban J connectivity index is 1.40. The van der Waals surface area contributed by atoms with E-state index in [1.807, 2.05) is 0 Å². The fourth-order valence-electron chi connectivity index (χ4n) is 3.84. The second-order valence-corrected chi connectivity index (χ2v) is 8.19. The summed E-state index contributed by atoms with van der Waals surface area (Å²) in [4.78, 5) is 22.6. The number of aromatic amines is 1. The van der Waals surface area contributed by atoms with E-state index in [4.69, 9.17) is 11.6 Å². The number of H-pyrrole nitrogens is 1. The van der Waals surface area contributed by atoms with Gasteiger partial charge in [0, 0.05) is 34.3 Å². The van der Waals surface area contributed by atoms with Crippen molar-refractivity contribution >= 4 is 40.2 Å². The smallest absolute Gasteiger partial charge is 0.382 e. The predicted octanol–water partition coefficient (Wildman–Crippen LogP) is 5.18. The summed E-state index contributed by atoms with van der Waals surface area (Å²) < 4.78 is 39.9. The molecule has 2 aromatic heterocycles. The van der Waals surface area contributed by atoms with Crippen molar-refractivity contribution in [3.63, 3.8) is 0 Å². The summed E-state index contributed by atoms with van der Waals surface area (Å²) in [5.41, 5.74) is 0.382. The van der Waals surface area contributed by atoms with Gasteiger partial charge in [-0.25, -0.2) is 9.97 Å². The Labute approximate surface area is 187 Å². The second kappa shape index (κ2) is 9.20. The summed E-state index contributed by atoms with van der Waals surface area (Å²) >= 11 is 6.06. The molecule has 0 atom stereocenters. The Morgan fingerprint density at radius 2 is 1.91 bits per heavy atom. The number of carbonyl (C=O) groups excluding carboxylic acids is 1. The van der Waals surface area contributed by atoms with E-state index in [0.717, 1.165) is 24.6 Å². The van der Waals surface area contributed by atoms with Crippen LogP contribution < -0.4 is 10.6 Å². The van der Waals surface area contributed by atoms with E-state index in [1.54, 1.807) is 18.3 Å². The van der Waals surface area contributed by atoms with Gasteiger partial charge in [0.25, 0.3) is 0 Å². The standard InChI is InChI=1S/C22H21ClF3N5O/c23-13-1-7-18-17(9-13)19(10-20(31-18)22(24,25)26)29-14-2-4-15(5-3-14)30-21(32)8-6-16-11-27-12-28-16/h1,6-12,14-15H,2-5H2,(H,27,28)(H,29,31)(H,30,32)/b8-6+. The number of hydrogen-bond acceptors (Lipinski definition) is 4. The van der Waals surface area contributed by atoms with Crippen LogP contribution in [0.3, 0.4) is 0 Å². The van der Waals surface area contributed by atoms with Crippen LogP contribution in [-0.4, -0.2) is 32.9 Å². The van der Waals surface area contributed by atoms with Crippen LogP contribution in [0.15, 0.2) is 42.9 Å². The van der Waals surface area contributed by atoms with Crippen molar-refractivity contribution < 1.29 is 18.0 Å². The number of amides is 1. The number of anilines is 1. The highest BCUT2D eigenvalue weighted by atomic mass is 35.5. The highest BCUT2D eigenvalue weighted by Crippen LogP contribution is 2.35. The van der Waals surface area contributed by atoms with E-state index in [2.05, 4.69) is 25.6 Å². The zero-order chi connectivity index (χ0) is 22.7. The molecule has 0 bridgehead atoms. The van der Waals surface area contributed by atoms with Crippen LogP contribution in [-0.2, 0) is 11.0 Å². The first-order valence-corrected chi connectivity index (χ1v) is 10.6. The number of rotatable bonds is 5. The van der Waals surface area contributed by atoms with Crippen molar-refractivity contribution in [3.8, 4) is 0 Å². The van der Waals surface area contributed by atoms with Crippen molar-refractivity contribution in [2.75, 3.05) is 5.32 Å². The zero-order valence-corrected chi connectivity index (χ0v) is 17.7. The summed E-state index contributed by atoms with van der Waals surface area (Å²) in [6, 6.07) is 5.66. The molecule has 3 aromatic rings. The lowest BCUT2D eigenvalue weighted by Crippen LogP contribution is -2.39. The quantitative estimate of drug-likeness (QED) is 0.455. The van der Waals surface area contributed by atoms with Crippen LogP contribution in [0.5, 0.6) is 0 Å². The number of carbonyl (C=O) groups is 1. The number of aromatic nitrogens is 3. The molecule has 1 aliphatic rings. The molecule has 0 aliphatic heterocycles. The van der Waals surface area contributed by atoms with Crippen LogP contribution >= 0.6 is 11.6 Å². The van der Waals surface area contributed by atoms with Gasteiger partial charge in [-0.05, 0) is 56.0 Å². The van der Waals surface area contributed by atoms with E-state index in [1.165, 1.54) is 24.5 Å². The summed E-state index contributed by atoms with van der Waals surface area (Å²) in [6.07, 6.45) is 4.55. The van der Waals surface area contributed by atoms with E-state index in [-0.39, 0.29) is 23.5 Å². The molecule has 6 nitrogen and oxygen atoms in total. The number of benzene rings is 1. The molecule has 0 radical (unpaired) electrons. The van der Waals surface area contributed by atoms with Gasteiger partial charge >= 0.3 is 6.18 Å². The Bertz CT molecular complexity index is 1120. The van der Waals surface area contributed by atoms with Crippen molar-refractivity contribution in [2.24, 2.45) is 0 Å². The molecule has 32 heavy (non-hydrogen) atoms. The molecule has 1 aromatic carbocycles. The molecule has 1 fully saturated rings. The van der Waals surface area contributed by atoms with E-state index in [0.29, 0.717) is 28.9 Å². The number of nitrogens with zero attached hydrogens (tertiary/aromatic N) is 2. The Morgan fingerprint density at radius 1 is 1.16 bits per heavy atom. The summed E-state index contributed by atoms with van der Waals surface area (Å²) in [6.45, 7) is 0. The highest BCUT2D eigenvalue weighted by Gasteiger charge is 2.34. The molecular formula is C22H21ClF3N5O. The Kier molecular flexibility index (Phi) is 6.36. The minimum absolute atomic E-state index is 0.0151. The molecular weight excluding hydrogens is 443 g/mol. The fourth-order valence-corrected chi connectivity index (χ4v) is 4.01. The average molecular weight is 464 g/mol. The van der Waals surface area contributed by atoms with Crippen LogP contribution in [0.1, 0.15) is 37.1 Å². The van der Waals surface area contributed by atoms with Crippen LogP contribution in [0, 0.1) is 0 Å². The van der Waals surface area contributed by atoms with Crippen molar-refractivity contribution in [1.82, 2.24) is 20.3 Å². The first-order valence-electron chi connectivity index (χ1n) is 10.2. The number of hydrogen-bond donors (Lipinski definition) is 3.